The first kappa shape index (κ1) is 20.8. The Labute approximate surface area is 169 Å². The molecule has 28 heavy (non-hydrogen) atoms. The molecule has 1 heterocycles. The summed E-state index contributed by atoms with van der Waals surface area (Å²) >= 11 is 0. The molecule has 0 bridgehead atoms. The van der Waals surface area contributed by atoms with Gasteiger partial charge < -0.3 is 10.2 Å². The molecule has 1 saturated carbocycles. The summed E-state index contributed by atoms with van der Waals surface area (Å²) < 4.78 is 0. The first-order valence-corrected chi connectivity index (χ1v) is 11.0. The van der Waals surface area contributed by atoms with Crippen molar-refractivity contribution in [1.82, 2.24) is 15.1 Å². The van der Waals surface area contributed by atoms with E-state index in [2.05, 4.69) is 29.3 Å². The molecule has 3 rings (SSSR count). The molecule has 1 aromatic rings. The summed E-state index contributed by atoms with van der Waals surface area (Å²) in [6.07, 6.45) is 7.10. The SMILES string of the molecule is CCCNC(=O)[C@@H](C1CCCC1)N1CCN(C(=O)CCc2ccccc2)CC1. The van der Waals surface area contributed by atoms with Crippen molar-refractivity contribution in [2.75, 3.05) is 32.7 Å². The number of hydrogen-bond acceptors (Lipinski definition) is 3. The van der Waals surface area contributed by atoms with Crippen molar-refractivity contribution in [2.24, 2.45) is 5.92 Å². The molecule has 0 spiro atoms. The summed E-state index contributed by atoms with van der Waals surface area (Å²) in [5.41, 5.74) is 1.21. The zero-order chi connectivity index (χ0) is 19.8. The minimum atomic E-state index is -0.0179. The van der Waals surface area contributed by atoms with Gasteiger partial charge in [-0.3, -0.25) is 14.5 Å². The fourth-order valence-corrected chi connectivity index (χ4v) is 4.61. The molecule has 0 unspecified atom stereocenters. The molecule has 1 aromatic carbocycles. The van der Waals surface area contributed by atoms with Crippen molar-refractivity contribution in [2.45, 2.75) is 57.9 Å². The van der Waals surface area contributed by atoms with Gasteiger partial charge in [0.1, 0.15) is 0 Å². The van der Waals surface area contributed by atoms with Crippen LogP contribution in [0.15, 0.2) is 30.3 Å². The Bertz CT molecular complexity index is 620. The van der Waals surface area contributed by atoms with Gasteiger partial charge in [-0.2, -0.15) is 0 Å². The molecule has 2 amide bonds. The molecule has 154 valence electrons. The maximum absolute atomic E-state index is 12.8. The molecule has 1 atom stereocenters. The largest absolute Gasteiger partial charge is 0.355 e. The normalized spacial score (nSPS) is 19.5. The highest BCUT2D eigenvalue weighted by molar-refractivity contribution is 5.82. The first-order valence-electron chi connectivity index (χ1n) is 11.0. The van der Waals surface area contributed by atoms with Crippen molar-refractivity contribution >= 4 is 11.8 Å². The minimum Gasteiger partial charge on any atom is -0.355 e. The third-order valence-corrected chi connectivity index (χ3v) is 6.19. The highest BCUT2D eigenvalue weighted by Crippen LogP contribution is 2.31. The molecule has 1 aliphatic heterocycles. The minimum absolute atomic E-state index is 0.0179. The number of carbonyl (C=O) groups is 2. The Hall–Kier alpha value is -1.88. The summed E-state index contributed by atoms with van der Waals surface area (Å²) in [6.45, 7) is 5.91. The van der Waals surface area contributed by atoms with Gasteiger partial charge in [0, 0.05) is 39.1 Å². The van der Waals surface area contributed by atoms with Crippen molar-refractivity contribution in [1.29, 1.82) is 0 Å². The smallest absolute Gasteiger partial charge is 0.237 e. The number of amides is 2. The van der Waals surface area contributed by atoms with E-state index < -0.39 is 0 Å². The van der Waals surface area contributed by atoms with E-state index in [4.69, 9.17) is 0 Å². The number of aryl methyl sites for hydroxylation is 1. The first-order chi connectivity index (χ1) is 13.7. The van der Waals surface area contributed by atoms with Crippen LogP contribution >= 0.6 is 0 Å². The third kappa shape index (κ3) is 5.57. The monoisotopic (exact) mass is 385 g/mol. The maximum Gasteiger partial charge on any atom is 0.237 e. The van der Waals surface area contributed by atoms with Gasteiger partial charge in [-0.1, -0.05) is 50.1 Å². The van der Waals surface area contributed by atoms with Gasteiger partial charge in [-0.15, -0.1) is 0 Å². The van der Waals surface area contributed by atoms with Crippen LogP contribution in [0.4, 0.5) is 0 Å². The number of piperazine rings is 1. The predicted molar refractivity (Wildman–Crippen MR) is 112 cm³/mol. The van der Waals surface area contributed by atoms with Crippen molar-refractivity contribution < 1.29 is 9.59 Å². The highest BCUT2D eigenvalue weighted by atomic mass is 16.2. The zero-order valence-electron chi connectivity index (χ0n) is 17.2. The highest BCUT2D eigenvalue weighted by Gasteiger charge is 2.37. The lowest BCUT2D eigenvalue weighted by molar-refractivity contribution is -0.135. The van der Waals surface area contributed by atoms with E-state index >= 15 is 0 Å². The average molecular weight is 386 g/mol. The van der Waals surface area contributed by atoms with Gasteiger partial charge in [0.05, 0.1) is 6.04 Å². The molecule has 2 aliphatic rings. The summed E-state index contributed by atoms with van der Waals surface area (Å²) in [7, 11) is 0. The van der Waals surface area contributed by atoms with Gasteiger partial charge in [0.2, 0.25) is 11.8 Å². The predicted octanol–water partition coefficient (Wildman–Crippen LogP) is 2.85. The van der Waals surface area contributed by atoms with Gasteiger partial charge in [0.25, 0.3) is 0 Å². The van der Waals surface area contributed by atoms with E-state index in [0.29, 0.717) is 12.3 Å². The van der Waals surface area contributed by atoms with Gasteiger partial charge >= 0.3 is 0 Å². The Morgan fingerprint density at radius 1 is 1.07 bits per heavy atom. The van der Waals surface area contributed by atoms with Crippen LogP contribution in [0.2, 0.25) is 0 Å². The van der Waals surface area contributed by atoms with E-state index in [-0.39, 0.29) is 17.9 Å². The van der Waals surface area contributed by atoms with Crippen LogP contribution in [-0.4, -0.2) is 60.4 Å². The fourth-order valence-electron chi connectivity index (χ4n) is 4.61. The Morgan fingerprint density at radius 3 is 2.39 bits per heavy atom. The second-order valence-electron chi connectivity index (χ2n) is 8.18. The van der Waals surface area contributed by atoms with Crippen LogP contribution < -0.4 is 5.32 Å². The number of nitrogens with zero attached hydrogens (tertiary/aromatic N) is 2. The van der Waals surface area contributed by atoms with E-state index in [1.807, 2.05) is 23.1 Å². The third-order valence-electron chi connectivity index (χ3n) is 6.19. The number of carbonyl (C=O) groups excluding carboxylic acids is 2. The Kier molecular flexibility index (Phi) is 7.90. The van der Waals surface area contributed by atoms with Gasteiger partial charge in [0.15, 0.2) is 0 Å². The molecule has 5 heteroatoms. The van der Waals surface area contributed by atoms with E-state index in [1.54, 1.807) is 0 Å². The summed E-state index contributed by atoms with van der Waals surface area (Å²) in [5, 5.41) is 3.12. The van der Waals surface area contributed by atoms with Crippen molar-refractivity contribution in [3.8, 4) is 0 Å². The van der Waals surface area contributed by atoms with Gasteiger partial charge in [-0.05, 0) is 37.2 Å². The van der Waals surface area contributed by atoms with Crippen LogP contribution in [0.1, 0.15) is 51.0 Å². The molecule has 1 aliphatic carbocycles. The summed E-state index contributed by atoms with van der Waals surface area (Å²) in [4.78, 5) is 29.8. The number of benzene rings is 1. The van der Waals surface area contributed by atoms with Gasteiger partial charge in [-0.25, -0.2) is 0 Å². The summed E-state index contributed by atoms with van der Waals surface area (Å²) in [6, 6.07) is 10.2. The standard InChI is InChI=1S/C23H35N3O2/c1-2-14-24-23(28)22(20-10-6-7-11-20)26-17-15-25(16-18-26)21(27)13-12-19-8-4-3-5-9-19/h3-5,8-9,20,22H,2,6-7,10-18H2,1H3,(H,24,28)/t22-/m1/s1. The number of rotatable bonds is 8. The molecular formula is C23H35N3O2. The molecule has 2 fully saturated rings. The lowest BCUT2D eigenvalue weighted by Crippen LogP contribution is -2.58. The van der Waals surface area contributed by atoms with E-state index in [9.17, 15) is 9.59 Å². The fraction of sp³-hybridized carbons (Fsp3) is 0.652. The topological polar surface area (TPSA) is 52.7 Å². The van der Waals surface area contributed by atoms with Crippen LogP contribution in [0, 0.1) is 5.92 Å². The molecule has 1 saturated heterocycles. The molecule has 0 aromatic heterocycles. The van der Waals surface area contributed by atoms with Crippen molar-refractivity contribution in [3.63, 3.8) is 0 Å². The maximum atomic E-state index is 12.8. The Morgan fingerprint density at radius 2 is 1.75 bits per heavy atom. The number of hydrogen-bond donors (Lipinski definition) is 1. The molecule has 0 radical (unpaired) electrons. The quantitative estimate of drug-likeness (QED) is 0.749. The lowest BCUT2D eigenvalue weighted by atomic mass is 9.95. The van der Waals surface area contributed by atoms with Crippen LogP contribution in [-0.2, 0) is 16.0 Å². The molecule has 5 nitrogen and oxygen atoms in total. The van der Waals surface area contributed by atoms with Crippen LogP contribution in [0.25, 0.3) is 0 Å². The van der Waals surface area contributed by atoms with E-state index in [1.165, 1.54) is 18.4 Å². The second kappa shape index (κ2) is 10.6. The second-order valence-corrected chi connectivity index (χ2v) is 8.18. The van der Waals surface area contributed by atoms with E-state index in [0.717, 1.165) is 58.4 Å². The molecular weight excluding hydrogens is 350 g/mol. The summed E-state index contributed by atoms with van der Waals surface area (Å²) in [5.74, 6) is 0.895. The Balaban J connectivity index is 1.51. The molecule has 1 N–H and O–H groups in total. The van der Waals surface area contributed by atoms with Crippen LogP contribution in [0.3, 0.4) is 0 Å². The van der Waals surface area contributed by atoms with Crippen LogP contribution in [0.5, 0.6) is 0 Å². The zero-order valence-corrected chi connectivity index (χ0v) is 17.2. The average Bonchev–Trinajstić information content (AvgIpc) is 3.26. The number of nitrogens with one attached hydrogen (secondary N) is 1. The lowest BCUT2D eigenvalue weighted by Gasteiger charge is -2.40. The van der Waals surface area contributed by atoms with Crippen molar-refractivity contribution in [3.05, 3.63) is 35.9 Å².